The third kappa shape index (κ3) is 2.99. The molecule has 88 valence electrons. The van der Waals surface area contributed by atoms with Gasteiger partial charge in [0.05, 0.1) is 5.92 Å². The quantitative estimate of drug-likeness (QED) is 0.849. The summed E-state index contributed by atoms with van der Waals surface area (Å²) in [6.45, 7) is 6.33. The Balaban J connectivity index is 2.83. The molecule has 0 saturated heterocycles. The van der Waals surface area contributed by atoms with Crippen LogP contribution < -0.4 is 4.90 Å². The third-order valence-electron chi connectivity index (χ3n) is 2.75. The Morgan fingerprint density at radius 3 is 2.62 bits per heavy atom. The fourth-order valence-corrected chi connectivity index (χ4v) is 1.72. The molecule has 0 aliphatic heterocycles. The maximum atomic E-state index is 10.8. The molecule has 0 spiro atoms. The minimum absolute atomic E-state index is 0.357. The van der Waals surface area contributed by atoms with Crippen LogP contribution in [0.2, 0.25) is 0 Å². The summed E-state index contributed by atoms with van der Waals surface area (Å²) in [5.74, 6) is -1.11. The summed E-state index contributed by atoms with van der Waals surface area (Å²) < 4.78 is 0. The van der Waals surface area contributed by atoms with Crippen LogP contribution in [-0.4, -0.2) is 24.7 Å². The van der Waals surface area contributed by atoms with Gasteiger partial charge in [-0.15, -0.1) is 0 Å². The second kappa shape index (κ2) is 5.01. The molecule has 3 heteroatoms. The van der Waals surface area contributed by atoms with Crippen molar-refractivity contribution in [3.05, 3.63) is 29.3 Å². The third-order valence-corrected chi connectivity index (χ3v) is 2.75. The van der Waals surface area contributed by atoms with Crippen molar-refractivity contribution in [3.63, 3.8) is 0 Å². The lowest BCUT2D eigenvalue weighted by atomic mass is 10.1. The van der Waals surface area contributed by atoms with Crippen LogP contribution >= 0.6 is 0 Å². The maximum Gasteiger partial charge on any atom is 0.308 e. The molecule has 1 aromatic carbocycles. The summed E-state index contributed by atoms with van der Waals surface area (Å²) in [4.78, 5) is 12.8. The number of hydrogen-bond donors (Lipinski definition) is 1. The number of carboxylic acids is 1. The zero-order valence-corrected chi connectivity index (χ0v) is 10.3. The van der Waals surface area contributed by atoms with Crippen LogP contribution in [0.15, 0.2) is 18.2 Å². The molecule has 0 radical (unpaired) electrons. The van der Waals surface area contributed by atoms with Gasteiger partial charge in [0.2, 0.25) is 0 Å². The number of carbonyl (C=O) groups is 1. The minimum atomic E-state index is -0.753. The molecule has 16 heavy (non-hydrogen) atoms. The lowest BCUT2D eigenvalue weighted by molar-refractivity contribution is -0.140. The van der Waals surface area contributed by atoms with E-state index in [1.807, 2.05) is 25.8 Å². The highest BCUT2D eigenvalue weighted by atomic mass is 16.4. The van der Waals surface area contributed by atoms with Gasteiger partial charge in [-0.1, -0.05) is 19.1 Å². The van der Waals surface area contributed by atoms with E-state index in [1.165, 1.54) is 11.1 Å². The van der Waals surface area contributed by atoms with E-state index >= 15 is 0 Å². The van der Waals surface area contributed by atoms with Crippen molar-refractivity contribution in [1.82, 2.24) is 0 Å². The predicted octanol–water partition coefficient (Wildman–Crippen LogP) is 2.46. The van der Waals surface area contributed by atoms with E-state index in [0.717, 1.165) is 5.69 Å². The van der Waals surface area contributed by atoms with E-state index in [0.29, 0.717) is 6.54 Å². The van der Waals surface area contributed by atoms with Gasteiger partial charge in [-0.25, -0.2) is 0 Å². The maximum absolute atomic E-state index is 10.8. The summed E-state index contributed by atoms with van der Waals surface area (Å²) in [6.07, 6.45) is 0. The molecule has 0 aromatic heterocycles. The first kappa shape index (κ1) is 12.6. The van der Waals surface area contributed by atoms with E-state index in [9.17, 15) is 4.79 Å². The molecule has 3 nitrogen and oxygen atoms in total. The fraction of sp³-hybridized carbons (Fsp3) is 0.462. The van der Waals surface area contributed by atoms with Gasteiger partial charge in [0.25, 0.3) is 0 Å². The number of aryl methyl sites for hydroxylation is 2. The monoisotopic (exact) mass is 221 g/mol. The Kier molecular flexibility index (Phi) is 3.93. The molecule has 0 aliphatic rings. The molecule has 1 unspecified atom stereocenters. The van der Waals surface area contributed by atoms with Crippen molar-refractivity contribution in [2.45, 2.75) is 20.8 Å². The lowest BCUT2D eigenvalue weighted by Crippen LogP contribution is -2.28. The lowest BCUT2D eigenvalue weighted by Gasteiger charge is -2.23. The summed E-state index contributed by atoms with van der Waals surface area (Å²) in [5, 5.41) is 8.88. The largest absolute Gasteiger partial charge is 0.481 e. The highest BCUT2D eigenvalue weighted by Gasteiger charge is 2.14. The molecule has 1 rings (SSSR count). The fourth-order valence-electron chi connectivity index (χ4n) is 1.72. The van der Waals surface area contributed by atoms with E-state index < -0.39 is 5.97 Å². The molecule has 0 saturated carbocycles. The second-order valence-corrected chi connectivity index (χ2v) is 4.41. The first-order valence-electron chi connectivity index (χ1n) is 5.43. The molecule has 1 N–H and O–H groups in total. The van der Waals surface area contributed by atoms with Crippen molar-refractivity contribution in [2.24, 2.45) is 5.92 Å². The Hall–Kier alpha value is -1.51. The van der Waals surface area contributed by atoms with E-state index in [2.05, 4.69) is 18.2 Å². The number of anilines is 1. The van der Waals surface area contributed by atoms with E-state index in [1.54, 1.807) is 6.92 Å². The smallest absolute Gasteiger partial charge is 0.308 e. The molecule has 0 bridgehead atoms. The predicted molar refractivity (Wildman–Crippen MR) is 66.0 cm³/mol. The molecule has 0 amide bonds. The number of benzene rings is 1. The molecule has 0 aliphatic carbocycles. The van der Waals surface area contributed by atoms with Gasteiger partial charge in [0.15, 0.2) is 0 Å². The van der Waals surface area contributed by atoms with Crippen molar-refractivity contribution >= 4 is 11.7 Å². The molecule has 1 aromatic rings. The van der Waals surface area contributed by atoms with Crippen molar-refractivity contribution in [3.8, 4) is 0 Å². The molecule has 1 atom stereocenters. The highest BCUT2D eigenvalue weighted by Crippen LogP contribution is 2.21. The Morgan fingerprint density at radius 2 is 2.06 bits per heavy atom. The first-order valence-corrected chi connectivity index (χ1v) is 5.43. The van der Waals surface area contributed by atoms with Crippen LogP contribution in [-0.2, 0) is 4.79 Å². The zero-order valence-electron chi connectivity index (χ0n) is 10.3. The summed E-state index contributed by atoms with van der Waals surface area (Å²) in [5.41, 5.74) is 3.47. The Morgan fingerprint density at radius 1 is 1.44 bits per heavy atom. The van der Waals surface area contributed by atoms with E-state index in [-0.39, 0.29) is 5.92 Å². The SMILES string of the molecule is Cc1ccc(C)c(N(C)CC(C)C(=O)O)c1. The highest BCUT2D eigenvalue weighted by molar-refractivity contribution is 5.70. The van der Waals surface area contributed by atoms with Crippen molar-refractivity contribution < 1.29 is 9.90 Å². The molecular weight excluding hydrogens is 202 g/mol. The normalized spacial score (nSPS) is 12.2. The summed E-state index contributed by atoms with van der Waals surface area (Å²) >= 11 is 0. The Labute approximate surface area is 96.7 Å². The second-order valence-electron chi connectivity index (χ2n) is 4.41. The number of hydrogen-bond acceptors (Lipinski definition) is 2. The Bertz CT molecular complexity index is 388. The topological polar surface area (TPSA) is 40.5 Å². The van der Waals surface area contributed by atoms with Crippen LogP contribution in [0.5, 0.6) is 0 Å². The number of rotatable bonds is 4. The van der Waals surface area contributed by atoms with Crippen LogP contribution in [0.3, 0.4) is 0 Å². The van der Waals surface area contributed by atoms with Gasteiger partial charge in [0.1, 0.15) is 0 Å². The van der Waals surface area contributed by atoms with Gasteiger partial charge < -0.3 is 10.0 Å². The number of carboxylic acid groups (broad SMARTS) is 1. The van der Waals surface area contributed by atoms with Crippen molar-refractivity contribution in [2.75, 3.05) is 18.5 Å². The standard InChI is InChI=1S/C13H19NO2/c1-9-5-6-10(2)12(7-9)14(4)8-11(3)13(15)16/h5-7,11H,8H2,1-4H3,(H,15,16). The van der Waals surface area contributed by atoms with Gasteiger partial charge >= 0.3 is 5.97 Å². The van der Waals surface area contributed by atoms with Crippen LogP contribution in [0.1, 0.15) is 18.1 Å². The van der Waals surface area contributed by atoms with E-state index in [4.69, 9.17) is 5.11 Å². The first-order chi connectivity index (χ1) is 7.41. The van der Waals surface area contributed by atoms with Crippen molar-refractivity contribution in [1.29, 1.82) is 0 Å². The number of nitrogens with zero attached hydrogens (tertiary/aromatic N) is 1. The van der Waals surface area contributed by atoms with Crippen LogP contribution in [0.25, 0.3) is 0 Å². The van der Waals surface area contributed by atoms with Gasteiger partial charge in [-0.3, -0.25) is 4.79 Å². The van der Waals surface area contributed by atoms with Crippen LogP contribution in [0.4, 0.5) is 5.69 Å². The molecular formula is C13H19NO2. The average Bonchev–Trinajstić information content (AvgIpc) is 2.21. The zero-order chi connectivity index (χ0) is 12.3. The number of aliphatic carboxylic acids is 1. The minimum Gasteiger partial charge on any atom is -0.481 e. The van der Waals surface area contributed by atoms with Gasteiger partial charge in [-0.05, 0) is 31.0 Å². The van der Waals surface area contributed by atoms with Crippen LogP contribution in [0, 0.1) is 19.8 Å². The summed E-state index contributed by atoms with van der Waals surface area (Å²) in [6, 6.07) is 6.21. The molecule has 0 heterocycles. The summed E-state index contributed by atoms with van der Waals surface area (Å²) in [7, 11) is 1.93. The molecule has 0 fully saturated rings. The average molecular weight is 221 g/mol. The van der Waals surface area contributed by atoms with Gasteiger partial charge in [0, 0.05) is 19.3 Å². The van der Waals surface area contributed by atoms with Gasteiger partial charge in [-0.2, -0.15) is 0 Å².